The van der Waals surface area contributed by atoms with Gasteiger partial charge in [-0.3, -0.25) is 4.79 Å². The lowest BCUT2D eigenvalue weighted by Crippen LogP contribution is -2.72. The van der Waals surface area contributed by atoms with Crippen molar-refractivity contribution in [2.24, 2.45) is 0 Å². The van der Waals surface area contributed by atoms with Crippen molar-refractivity contribution in [3.05, 3.63) is 12.2 Å². The molecule has 0 aromatic rings. The van der Waals surface area contributed by atoms with Gasteiger partial charge in [-0.2, -0.15) is 65.9 Å². The molecule has 2 nitrogen and oxygen atoms in total. The Morgan fingerprint density at radius 1 is 0.633 bits per heavy atom. The van der Waals surface area contributed by atoms with E-state index in [1.807, 2.05) is 0 Å². The Morgan fingerprint density at radius 3 is 1.37 bits per heavy atom. The molecule has 0 spiro atoms. The van der Waals surface area contributed by atoms with Gasteiger partial charge in [0.25, 0.3) is 0 Å². The van der Waals surface area contributed by atoms with Crippen LogP contribution in [0, 0.1) is 0 Å². The molecule has 17 heteroatoms. The highest BCUT2D eigenvalue weighted by Gasteiger charge is 2.93. The van der Waals surface area contributed by atoms with E-state index < -0.39 is 73.0 Å². The monoisotopic (exact) mass is 482 g/mol. The van der Waals surface area contributed by atoms with Gasteiger partial charge in [-0.1, -0.05) is 6.08 Å². The second-order valence-corrected chi connectivity index (χ2v) is 5.68. The molecule has 0 bridgehead atoms. The minimum absolute atomic E-state index is 0.131. The average molecular weight is 482 g/mol. The summed E-state index contributed by atoms with van der Waals surface area (Å²) >= 11 is 0. The number of carbonyl (C=O) groups is 1. The molecule has 0 aliphatic heterocycles. The number of carboxylic acids is 1. The first-order valence-electron chi connectivity index (χ1n) is 7.15. The lowest BCUT2D eigenvalue weighted by molar-refractivity contribution is -0.449. The van der Waals surface area contributed by atoms with Crippen molar-refractivity contribution in [1.82, 2.24) is 0 Å². The summed E-state index contributed by atoms with van der Waals surface area (Å²) in [5.74, 6) is -48.3. The highest BCUT2D eigenvalue weighted by Crippen LogP contribution is 2.62. The molecule has 30 heavy (non-hydrogen) atoms. The molecule has 178 valence electrons. The minimum atomic E-state index is -8.32. The van der Waals surface area contributed by atoms with E-state index in [1.165, 1.54) is 0 Å². The van der Waals surface area contributed by atoms with Gasteiger partial charge >= 0.3 is 47.7 Å². The summed E-state index contributed by atoms with van der Waals surface area (Å²) in [5, 5.41) is 8.21. The van der Waals surface area contributed by atoms with Crippen LogP contribution in [-0.4, -0.2) is 52.8 Å². The first-order chi connectivity index (χ1) is 12.9. The maximum absolute atomic E-state index is 13.3. The summed E-state index contributed by atoms with van der Waals surface area (Å²) in [6.45, 7) is 0. The van der Waals surface area contributed by atoms with Gasteiger partial charge in [0.05, 0.1) is 0 Å². The Kier molecular flexibility index (Phi) is 7.52. The van der Waals surface area contributed by atoms with Crippen molar-refractivity contribution in [3.8, 4) is 0 Å². The first kappa shape index (κ1) is 28.2. The van der Waals surface area contributed by atoms with Crippen LogP contribution >= 0.6 is 0 Å². The molecule has 0 atom stereocenters. The number of hydrogen-bond donors (Lipinski definition) is 1. The molecule has 0 aromatic heterocycles. The van der Waals surface area contributed by atoms with Gasteiger partial charge in [-0.15, -0.1) is 0 Å². The minimum Gasteiger partial charge on any atom is -0.481 e. The summed E-state index contributed by atoms with van der Waals surface area (Å²) < 4.78 is 193. The van der Waals surface area contributed by atoms with E-state index in [0.29, 0.717) is 0 Å². The van der Waals surface area contributed by atoms with E-state index in [1.54, 1.807) is 0 Å². The quantitative estimate of drug-likeness (QED) is 0.230. The van der Waals surface area contributed by atoms with Crippen molar-refractivity contribution in [2.45, 2.75) is 61.0 Å². The van der Waals surface area contributed by atoms with E-state index in [9.17, 15) is 70.7 Å². The molecular weight excluding hydrogens is 473 g/mol. The SMILES string of the molecule is O=C(O)CCC/C=C/C(F)(F)C(F)(F)C(F)(F)C(F)(F)C(F)(F)C(F)(F)C(F)(F)F. The van der Waals surface area contributed by atoms with Crippen molar-refractivity contribution >= 4 is 5.97 Å². The highest BCUT2D eigenvalue weighted by molar-refractivity contribution is 5.66. The lowest BCUT2D eigenvalue weighted by atomic mass is 9.91. The molecule has 0 heterocycles. The molecule has 0 saturated carbocycles. The number of aliphatic carboxylic acids is 1. The number of allylic oxidation sites excluding steroid dienone is 2. The van der Waals surface area contributed by atoms with Crippen molar-refractivity contribution in [2.75, 3.05) is 0 Å². The molecule has 1 N–H and O–H groups in total. The fourth-order valence-electron chi connectivity index (χ4n) is 1.69. The Balaban J connectivity index is 6.11. The summed E-state index contributed by atoms with van der Waals surface area (Å²) in [7, 11) is 0. The molecule has 0 aromatic carbocycles. The number of hydrogen-bond acceptors (Lipinski definition) is 1. The predicted molar refractivity (Wildman–Crippen MR) is 66.4 cm³/mol. The summed E-state index contributed by atoms with van der Waals surface area (Å²) in [4.78, 5) is 10.1. The molecule has 0 amide bonds. The second kappa shape index (κ2) is 8.01. The molecule has 0 saturated heterocycles. The van der Waals surface area contributed by atoms with E-state index in [4.69, 9.17) is 5.11 Å². The van der Waals surface area contributed by atoms with Crippen LogP contribution in [0.2, 0.25) is 0 Å². The van der Waals surface area contributed by atoms with Crippen LogP contribution in [0.5, 0.6) is 0 Å². The Bertz CT molecular complexity index is 647. The molecule has 0 aliphatic rings. The van der Waals surface area contributed by atoms with Gasteiger partial charge in [-0.25, -0.2) is 0 Å². The van der Waals surface area contributed by atoms with Gasteiger partial charge in [0.1, 0.15) is 0 Å². The number of halogens is 15. The molecular formula is C13H9F15O2. The Hall–Kier alpha value is -1.84. The van der Waals surface area contributed by atoms with Crippen molar-refractivity contribution in [3.63, 3.8) is 0 Å². The number of alkyl halides is 15. The number of carboxylic acid groups (broad SMARTS) is 1. The zero-order chi connectivity index (χ0) is 24.6. The summed E-state index contributed by atoms with van der Waals surface area (Å²) in [5.41, 5.74) is 0. The van der Waals surface area contributed by atoms with Crippen LogP contribution in [0.3, 0.4) is 0 Å². The zero-order valence-electron chi connectivity index (χ0n) is 13.8. The third kappa shape index (κ3) is 4.43. The van der Waals surface area contributed by atoms with Crippen LogP contribution in [0.1, 0.15) is 19.3 Å². The second-order valence-electron chi connectivity index (χ2n) is 5.68. The maximum atomic E-state index is 13.3. The maximum Gasteiger partial charge on any atom is 0.460 e. The van der Waals surface area contributed by atoms with Crippen LogP contribution in [0.25, 0.3) is 0 Å². The normalized spacial score (nSPS) is 15.7. The van der Waals surface area contributed by atoms with Crippen molar-refractivity contribution < 1.29 is 75.8 Å². The van der Waals surface area contributed by atoms with Crippen LogP contribution < -0.4 is 0 Å². The Morgan fingerprint density at radius 2 is 1.00 bits per heavy atom. The van der Waals surface area contributed by atoms with E-state index in [0.717, 1.165) is 0 Å². The molecule has 0 unspecified atom stereocenters. The van der Waals surface area contributed by atoms with Gasteiger partial charge in [0.15, 0.2) is 0 Å². The van der Waals surface area contributed by atoms with Gasteiger partial charge in [0, 0.05) is 6.42 Å². The number of unbranched alkanes of at least 4 members (excludes halogenated alkanes) is 1. The Labute approximate surface area is 156 Å². The zero-order valence-corrected chi connectivity index (χ0v) is 13.8. The van der Waals surface area contributed by atoms with E-state index in [2.05, 4.69) is 0 Å². The van der Waals surface area contributed by atoms with Crippen molar-refractivity contribution in [1.29, 1.82) is 0 Å². The third-order valence-electron chi connectivity index (χ3n) is 3.44. The lowest BCUT2D eigenvalue weighted by Gasteiger charge is -2.41. The van der Waals surface area contributed by atoms with E-state index in [-0.39, 0.29) is 6.08 Å². The molecule has 0 rings (SSSR count). The van der Waals surface area contributed by atoms with E-state index >= 15 is 0 Å². The summed E-state index contributed by atoms with van der Waals surface area (Å²) in [6.07, 6.45) is -11.2. The first-order valence-corrected chi connectivity index (χ1v) is 7.15. The smallest absolute Gasteiger partial charge is 0.460 e. The fourth-order valence-corrected chi connectivity index (χ4v) is 1.69. The highest BCUT2D eigenvalue weighted by atomic mass is 19.4. The number of rotatable bonds is 10. The third-order valence-corrected chi connectivity index (χ3v) is 3.44. The largest absolute Gasteiger partial charge is 0.481 e. The van der Waals surface area contributed by atoms with Crippen LogP contribution in [-0.2, 0) is 4.79 Å². The average Bonchev–Trinajstić information content (AvgIpc) is 2.51. The fraction of sp³-hybridized carbons (Fsp3) is 0.769. The van der Waals surface area contributed by atoms with Crippen LogP contribution in [0.15, 0.2) is 12.2 Å². The topological polar surface area (TPSA) is 37.3 Å². The van der Waals surface area contributed by atoms with Gasteiger partial charge < -0.3 is 5.11 Å². The molecule has 0 fully saturated rings. The molecule has 0 aliphatic carbocycles. The summed E-state index contributed by atoms with van der Waals surface area (Å²) in [6, 6.07) is 0. The van der Waals surface area contributed by atoms with Gasteiger partial charge in [-0.05, 0) is 18.9 Å². The predicted octanol–water partition coefficient (Wildman–Crippen LogP) is 6.17. The van der Waals surface area contributed by atoms with Crippen LogP contribution in [0.4, 0.5) is 65.9 Å². The van der Waals surface area contributed by atoms with Gasteiger partial charge in [0.2, 0.25) is 0 Å². The molecule has 0 radical (unpaired) electrons. The standard InChI is InChI=1S/C13H9F15O2/c14-7(15,5-3-1-2-4-6(29)30)8(16,17)9(18,19)10(20,21)11(22,23)12(24,25)13(26,27)28/h3,5H,1-2,4H2,(H,29,30)/b5-3+.